The lowest BCUT2D eigenvalue weighted by Gasteiger charge is -2.22. The fraction of sp³-hybridized carbons (Fsp3) is 0.412. The molecule has 3 rings (SSSR count). The van der Waals surface area contributed by atoms with Crippen molar-refractivity contribution < 1.29 is 9.90 Å². The van der Waals surface area contributed by atoms with Crippen LogP contribution in [0.4, 0.5) is 0 Å². The van der Waals surface area contributed by atoms with Crippen LogP contribution in [0.2, 0.25) is 0 Å². The third kappa shape index (κ3) is 4.18. The summed E-state index contributed by atoms with van der Waals surface area (Å²) >= 11 is 0. The number of aliphatic carboxylic acids is 1. The number of imidazole rings is 1. The van der Waals surface area contributed by atoms with Crippen molar-refractivity contribution >= 4 is 5.97 Å². The minimum Gasteiger partial charge on any atom is -0.481 e. The van der Waals surface area contributed by atoms with E-state index in [1.54, 1.807) is 0 Å². The van der Waals surface area contributed by atoms with Crippen LogP contribution < -0.4 is 5.32 Å². The third-order valence-corrected chi connectivity index (χ3v) is 4.19. The molecular formula is C17H22N4O2. The number of nitrogens with zero attached hydrogens (tertiary/aromatic N) is 3. The summed E-state index contributed by atoms with van der Waals surface area (Å²) < 4.78 is 2.13. The lowest BCUT2D eigenvalue weighted by atomic mass is 10.1. The predicted octanol–water partition coefficient (Wildman–Crippen LogP) is 1.04. The number of benzene rings is 1. The van der Waals surface area contributed by atoms with Gasteiger partial charge in [0.05, 0.1) is 12.5 Å². The van der Waals surface area contributed by atoms with Gasteiger partial charge in [-0.05, 0) is 5.56 Å². The number of carboxylic acids is 1. The van der Waals surface area contributed by atoms with Gasteiger partial charge in [-0.3, -0.25) is 9.69 Å². The highest BCUT2D eigenvalue weighted by atomic mass is 16.4. The van der Waals surface area contributed by atoms with Crippen molar-refractivity contribution in [3.8, 4) is 0 Å². The molecule has 23 heavy (non-hydrogen) atoms. The van der Waals surface area contributed by atoms with E-state index in [0.29, 0.717) is 19.6 Å². The van der Waals surface area contributed by atoms with E-state index in [-0.39, 0.29) is 5.92 Å². The van der Waals surface area contributed by atoms with Crippen molar-refractivity contribution in [1.82, 2.24) is 19.8 Å². The van der Waals surface area contributed by atoms with Crippen molar-refractivity contribution in [2.45, 2.75) is 13.1 Å². The van der Waals surface area contributed by atoms with Crippen LogP contribution in [0.1, 0.15) is 11.4 Å². The molecule has 1 aliphatic heterocycles. The van der Waals surface area contributed by atoms with Crippen LogP contribution in [-0.4, -0.2) is 51.7 Å². The predicted molar refractivity (Wildman–Crippen MR) is 87.0 cm³/mol. The molecule has 1 aromatic carbocycles. The Balaban J connectivity index is 1.68. The Kier molecular flexibility index (Phi) is 5.05. The number of nitrogens with one attached hydrogen (secondary N) is 1. The number of carboxylic acid groups (broad SMARTS) is 1. The molecule has 1 saturated heterocycles. The highest BCUT2D eigenvalue weighted by Crippen LogP contribution is 2.11. The van der Waals surface area contributed by atoms with Crippen molar-refractivity contribution in [1.29, 1.82) is 0 Å². The number of hydrogen-bond acceptors (Lipinski definition) is 4. The third-order valence-electron chi connectivity index (χ3n) is 4.19. The zero-order valence-electron chi connectivity index (χ0n) is 13.1. The van der Waals surface area contributed by atoms with E-state index in [4.69, 9.17) is 0 Å². The molecule has 0 amide bonds. The van der Waals surface area contributed by atoms with Gasteiger partial charge in [0.1, 0.15) is 5.82 Å². The first-order valence-corrected chi connectivity index (χ1v) is 7.92. The summed E-state index contributed by atoms with van der Waals surface area (Å²) in [6.45, 7) is 4.19. The molecule has 2 heterocycles. The monoisotopic (exact) mass is 314 g/mol. The zero-order chi connectivity index (χ0) is 16.1. The normalized spacial score (nSPS) is 19.4. The Labute approximate surface area is 135 Å². The Hall–Kier alpha value is -2.18. The van der Waals surface area contributed by atoms with Crippen molar-refractivity contribution in [2.75, 3.05) is 26.2 Å². The van der Waals surface area contributed by atoms with Crippen molar-refractivity contribution in [3.63, 3.8) is 0 Å². The van der Waals surface area contributed by atoms with Gasteiger partial charge >= 0.3 is 5.97 Å². The van der Waals surface area contributed by atoms with Gasteiger partial charge in [-0.1, -0.05) is 30.3 Å². The molecule has 0 spiro atoms. The molecule has 1 fully saturated rings. The van der Waals surface area contributed by atoms with Crippen molar-refractivity contribution in [2.24, 2.45) is 5.92 Å². The maximum Gasteiger partial charge on any atom is 0.309 e. The van der Waals surface area contributed by atoms with Crippen molar-refractivity contribution in [3.05, 3.63) is 54.1 Å². The van der Waals surface area contributed by atoms with Crippen LogP contribution in [0.25, 0.3) is 0 Å². The molecular weight excluding hydrogens is 292 g/mol. The second-order valence-electron chi connectivity index (χ2n) is 5.93. The lowest BCUT2D eigenvalue weighted by Crippen LogP contribution is -2.34. The Morgan fingerprint density at radius 2 is 2.13 bits per heavy atom. The number of carbonyl (C=O) groups is 1. The van der Waals surface area contributed by atoms with Gasteiger partial charge in [-0.2, -0.15) is 0 Å². The van der Waals surface area contributed by atoms with Crippen LogP contribution in [0.3, 0.4) is 0 Å². The van der Waals surface area contributed by atoms with Crippen LogP contribution >= 0.6 is 0 Å². The standard InChI is InChI=1S/C17H22N4O2/c22-17(23)15-10-18-6-8-20(12-15)13-16-19-7-9-21(16)11-14-4-2-1-3-5-14/h1-5,7,9,15,18H,6,8,10-13H2,(H,22,23). The maximum absolute atomic E-state index is 11.3. The summed E-state index contributed by atoms with van der Waals surface area (Å²) in [5.74, 6) is -0.132. The average Bonchev–Trinajstić information content (AvgIpc) is 2.83. The zero-order valence-corrected chi connectivity index (χ0v) is 13.1. The summed E-state index contributed by atoms with van der Waals surface area (Å²) in [6.07, 6.45) is 3.79. The molecule has 0 saturated carbocycles. The first kappa shape index (κ1) is 15.7. The summed E-state index contributed by atoms with van der Waals surface area (Å²) in [4.78, 5) is 17.9. The molecule has 2 N–H and O–H groups in total. The minimum absolute atomic E-state index is 0.366. The van der Waals surface area contributed by atoms with Gasteiger partial charge in [0.15, 0.2) is 0 Å². The molecule has 1 atom stereocenters. The summed E-state index contributed by atoms with van der Waals surface area (Å²) in [7, 11) is 0. The molecule has 6 heteroatoms. The topological polar surface area (TPSA) is 70.4 Å². The minimum atomic E-state index is -0.739. The smallest absolute Gasteiger partial charge is 0.309 e. The summed E-state index contributed by atoms with van der Waals surface area (Å²) in [5.41, 5.74) is 1.23. The molecule has 0 bridgehead atoms. The highest BCUT2D eigenvalue weighted by Gasteiger charge is 2.24. The van der Waals surface area contributed by atoms with E-state index in [2.05, 4.69) is 31.9 Å². The van der Waals surface area contributed by atoms with Crippen LogP contribution in [0.15, 0.2) is 42.7 Å². The number of aromatic nitrogens is 2. The van der Waals surface area contributed by atoms with Gasteiger partial charge in [0, 0.05) is 45.1 Å². The van der Waals surface area contributed by atoms with Gasteiger partial charge < -0.3 is 15.0 Å². The summed E-state index contributed by atoms with van der Waals surface area (Å²) in [5, 5.41) is 12.5. The van der Waals surface area contributed by atoms with Gasteiger partial charge in [0.25, 0.3) is 0 Å². The SMILES string of the molecule is O=C(O)C1CNCCN(Cc2nccn2Cc2ccccc2)C1. The molecule has 6 nitrogen and oxygen atoms in total. The highest BCUT2D eigenvalue weighted by molar-refractivity contribution is 5.70. The lowest BCUT2D eigenvalue weighted by molar-refractivity contribution is -0.142. The quantitative estimate of drug-likeness (QED) is 0.863. The van der Waals surface area contributed by atoms with Gasteiger partial charge in [-0.25, -0.2) is 4.98 Å². The Morgan fingerprint density at radius 1 is 1.30 bits per heavy atom. The van der Waals surface area contributed by atoms with Gasteiger partial charge in [-0.15, -0.1) is 0 Å². The van der Waals surface area contributed by atoms with Crippen LogP contribution in [0.5, 0.6) is 0 Å². The first-order valence-electron chi connectivity index (χ1n) is 7.92. The van der Waals surface area contributed by atoms with Gasteiger partial charge in [0.2, 0.25) is 0 Å². The largest absolute Gasteiger partial charge is 0.481 e. The fourth-order valence-corrected chi connectivity index (χ4v) is 2.91. The first-order chi connectivity index (χ1) is 11.2. The number of rotatable bonds is 5. The average molecular weight is 314 g/mol. The second kappa shape index (κ2) is 7.39. The van der Waals surface area contributed by atoms with Crippen LogP contribution in [0, 0.1) is 5.92 Å². The Bertz CT molecular complexity index is 641. The van der Waals surface area contributed by atoms with E-state index in [9.17, 15) is 9.90 Å². The molecule has 122 valence electrons. The Morgan fingerprint density at radius 3 is 2.91 bits per heavy atom. The van der Waals surface area contributed by atoms with E-state index < -0.39 is 5.97 Å². The molecule has 1 aliphatic rings. The fourth-order valence-electron chi connectivity index (χ4n) is 2.91. The molecule has 2 aromatic rings. The molecule has 0 aliphatic carbocycles. The van der Waals surface area contributed by atoms with E-state index in [1.807, 2.05) is 30.6 Å². The molecule has 0 radical (unpaired) electrons. The maximum atomic E-state index is 11.3. The molecule has 1 aromatic heterocycles. The van der Waals surface area contributed by atoms with Crippen LogP contribution in [-0.2, 0) is 17.9 Å². The summed E-state index contributed by atoms with van der Waals surface area (Å²) in [6, 6.07) is 10.3. The van der Waals surface area contributed by atoms with E-state index in [0.717, 1.165) is 25.5 Å². The number of hydrogen-bond donors (Lipinski definition) is 2. The second-order valence-corrected chi connectivity index (χ2v) is 5.93. The van der Waals surface area contributed by atoms with E-state index in [1.165, 1.54) is 5.56 Å². The molecule has 1 unspecified atom stereocenters. The van der Waals surface area contributed by atoms with E-state index >= 15 is 0 Å².